The van der Waals surface area contributed by atoms with Crippen LogP contribution in [0.25, 0.3) is 0 Å². The summed E-state index contributed by atoms with van der Waals surface area (Å²) >= 11 is 0. The number of carboxylic acids is 1. The topological polar surface area (TPSA) is 37.3 Å². The number of carboxylic acid groups (broad SMARTS) is 1. The highest BCUT2D eigenvalue weighted by atomic mass is 16.4. The van der Waals surface area contributed by atoms with E-state index in [2.05, 4.69) is 52.0 Å². The summed E-state index contributed by atoms with van der Waals surface area (Å²) in [7, 11) is 0. The second-order valence-electron chi connectivity index (χ2n) is 5.42. The largest absolute Gasteiger partial charge is 0.481 e. The monoisotopic (exact) mass is 248 g/mol. The molecule has 0 amide bonds. The summed E-state index contributed by atoms with van der Waals surface area (Å²) in [6.07, 6.45) is 1.34. The molecule has 2 unspecified atom stereocenters. The van der Waals surface area contributed by atoms with Crippen molar-refractivity contribution in [2.45, 2.75) is 52.4 Å². The summed E-state index contributed by atoms with van der Waals surface area (Å²) in [4.78, 5) is 10.9. The molecule has 0 aliphatic heterocycles. The number of rotatable bonds is 6. The molecule has 0 saturated heterocycles. The Morgan fingerprint density at radius 1 is 1.11 bits per heavy atom. The Kier molecular flexibility index (Phi) is 5.39. The quantitative estimate of drug-likeness (QED) is 0.809. The molecule has 1 aromatic carbocycles. The van der Waals surface area contributed by atoms with E-state index >= 15 is 0 Å². The van der Waals surface area contributed by atoms with Crippen molar-refractivity contribution in [3.05, 3.63) is 35.4 Å². The second-order valence-corrected chi connectivity index (χ2v) is 5.42. The van der Waals surface area contributed by atoms with Gasteiger partial charge in [0.05, 0.1) is 6.42 Å². The first-order valence-electron chi connectivity index (χ1n) is 6.77. The van der Waals surface area contributed by atoms with E-state index in [0.29, 0.717) is 11.8 Å². The molecule has 2 nitrogen and oxygen atoms in total. The maximum Gasteiger partial charge on any atom is 0.303 e. The summed E-state index contributed by atoms with van der Waals surface area (Å²) in [5.41, 5.74) is 2.47. The van der Waals surface area contributed by atoms with Gasteiger partial charge in [0.15, 0.2) is 0 Å². The third kappa shape index (κ3) is 3.86. The summed E-state index contributed by atoms with van der Waals surface area (Å²) in [5.74, 6) is 0.291. The number of aliphatic carboxylic acids is 1. The van der Waals surface area contributed by atoms with E-state index in [9.17, 15) is 4.79 Å². The molecule has 18 heavy (non-hydrogen) atoms. The van der Waals surface area contributed by atoms with Gasteiger partial charge in [-0.3, -0.25) is 4.79 Å². The predicted octanol–water partition coefficient (Wildman–Crippen LogP) is 4.41. The van der Waals surface area contributed by atoms with Crippen LogP contribution in [0.15, 0.2) is 24.3 Å². The fraction of sp³-hybridized carbons (Fsp3) is 0.562. The van der Waals surface area contributed by atoms with Crippen molar-refractivity contribution < 1.29 is 9.90 Å². The molecule has 2 heteroatoms. The SMILES string of the molecule is CCC(C)c1ccc(C(CC(=O)O)C(C)C)cc1. The van der Waals surface area contributed by atoms with Gasteiger partial charge < -0.3 is 5.11 Å². The van der Waals surface area contributed by atoms with Crippen LogP contribution in [-0.2, 0) is 4.79 Å². The lowest BCUT2D eigenvalue weighted by Crippen LogP contribution is -2.12. The second kappa shape index (κ2) is 6.58. The summed E-state index contributed by atoms with van der Waals surface area (Å²) in [6, 6.07) is 8.46. The standard InChI is InChI=1S/C16H24O2/c1-5-12(4)13-6-8-14(9-7-13)15(11(2)3)10-16(17)18/h6-9,11-12,15H,5,10H2,1-4H3,(H,17,18). The van der Waals surface area contributed by atoms with Crippen LogP contribution in [-0.4, -0.2) is 11.1 Å². The first-order chi connectivity index (χ1) is 8.45. The lowest BCUT2D eigenvalue weighted by molar-refractivity contribution is -0.137. The molecular formula is C16H24O2. The van der Waals surface area contributed by atoms with Crippen LogP contribution >= 0.6 is 0 Å². The normalized spacial score (nSPS) is 14.5. The van der Waals surface area contributed by atoms with E-state index in [0.717, 1.165) is 12.0 Å². The van der Waals surface area contributed by atoms with E-state index in [1.165, 1.54) is 5.56 Å². The Labute approximate surface area is 110 Å². The van der Waals surface area contributed by atoms with Gasteiger partial charge in [-0.15, -0.1) is 0 Å². The molecule has 0 saturated carbocycles. The van der Waals surface area contributed by atoms with Gasteiger partial charge in [0.1, 0.15) is 0 Å². The van der Waals surface area contributed by atoms with Crippen molar-refractivity contribution in [2.75, 3.05) is 0 Å². The fourth-order valence-corrected chi connectivity index (χ4v) is 2.23. The van der Waals surface area contributed by atoms with Gasteiger partial charge in [-0.1, -0.05) is 52.0 Å². The van der Waals surface area contributed by atoms with Crippen LogP contribution in [0, 0.1) is 5.92 Å². The van der Waals surface area contributed by atoms with Crippen molar-refractivity contribution in [1.29, 1.82) is 0 Å². The van der Waals surface area contributed by atoms with E-state index in [1.807, 2.05) is 0 Å². The van der Waals surface area contributed by atoms with Crippen LogP contribution in [0.5, 0.6) is 0 Å². The van der Waals surface area contributed by atoms with E-state index < -0.39 is 5.97 Å². The van der Waals surface area contributed by atoms with Crippen molar-refractivity contribution in [3.8, 4) is 0 Å². The molecule has 1 aromatic rings. The Hall–Kier alpha value is -1.31. The van der Waals surface area contributed by atoms with Crippen molar-refractivity contribution in [3.63, 3.8) is 0 Å². The highest BCUT2D eigenvalue weighted by Crippen LogP contribution is 2.29. The summed E-state index contributed by atoms with van der Waals surface area (Å²) in [5, 5.41) is 8.97. The first-order valence-corrected chi connectivity index (χ1v) is 6.77. The molecule has 0 bridgehead atoms. The molecular weight excluding hydrogens is 224 g/mol. The van der Waals surface area contributed by atoms with Gasteiger partial charge in [0.25, 0.3) is 0 Å². The highest BCUT2D eigenvalue weighted by Gasteiger charge is 2.19. The number of carbonyl (C=O) groups is 1. The predicted molar refractivity (Wildman–Crippen MR) is 75.0 cm³/mol. The van der Waals surface area contributed by atoms with Crippen molar-refractivity contribution in [1.82, 2.24) is 0 Å². The Morgan fingerprint density at radius 3 is 2.00 bits per heavy atom. The number of hydrogen-bond acceptors (Lipinski definition) is 1. The van der Waals surface area contributed by atoms with Crippen molar-refractivity contribution >= 4 is 5.97 Å². The van der Waals surface area contributed by atoms with Gasteiger partial charge in [-0.25, -0.2) is 0 Å². The van der Waals surface area contributed by atoms with Gasteiger partial charge in [0.2, 0.25) is 0 Å². The van der Waals surface area contributed by atoms with Gasteiger partial charge in [-0.05, 0) is 35.3 Å². The molecule has 2 atom stereocenters. The van der Waals surface area contributed by atoms with Crippen molar-refractivity contribution in [2.24, 2.45) is 5.92 Å². The third-order valence-electron chi connectivity index (χ3n) is 3.75. The number of hydrogen-bond donors (Lipinski definition) is 1. The molecule has 1 rings (SSSR count). The van der Waals surface area contributed by atoms with E-state index in [1.54, 1.807) is 0 Å². The molecule has 100 valence electrons. The van der Waals surface area contributed by atoms with Gasteiger partial charge >= 0.3 is 5.97 Å². The molecule has 0 heterocycles. The van der Waals surface area contributed by atoms with Crippen LogP contribution in [0.2, 0.25) is 0 Å². The smallest absolute Gasteiger partial charge is 0.303 e. The van der Waals surface area contributed by atoms with E-state index in [-0.39, 0.29) is 12.3 Å². The van der Waals surface area contributed by atoms with Crippen LogP contribution < -0.4 is 0 Å². The fourth-order valence-electron chi connectivity index (χ4n) is 2.23. The highest BCUT2D eigenvalue weighted by molar-refractivity contribution is 5.68. The van der Waals surface area contributed by atoms with E-state index in [4.69, 9.17) is 5.11 Å². The molecule has 1 N–H and O–H groups in total. The minimum atomic E-state index is -0.722. The zero-order chi connectivity index (χ0) is 13.7. The Balaban J connectivity index is 2.90. The molecule has 0 aromatic heterocycles. The average molecular weight is 248 g/mol. The lowest BCUT2D eigenvalue weighted by Gasteiger charge is -2.20. The minimum Gasteiger partial charge on any atom is -0.481 e. The minimum absolute atomic E-state index is 0.105. The maximum atomic E-state index is 10.9. The lowest BCUT2D eigenvalue weighted by atomic mass is 9.84. The number of benzene rings is 1. The summed E-state index contributed by atoms with van der Waals surface area (Å²) < 4.78 is 0. The Morgan fingerprint density at radius 2 is 1.61 bits per heavy atom. The van der Waals surface area contributed by atoms with Crippen LogP contribution in [0.4, 0.5) is 0 Å². The zero-order valence-corrected chi connectivity index (χ0v) is 11.8. The van der Waals surface area contributed by atoms with Crippen LogP contribution in [0.1, 0.15) is 63.5 Å². The molecule has 0 aliphatic rings. The van der Waals surface area contributed by atoms with Crippen LogP contribution in [0.3, 0.4) is 0 Å². The molecule has 0 spiro atoms. The maximum absolute atomic E-state index is 10.9. The third-order valence-corrected chi connectivity index (χ3v) is 3.75. The Bertz CT molecular complexity index is 379. The first kappa shape index (κ1) is 14.7. The average Bonchev–Trinajstić information content (AvgIpc) is 2.34. The molecule has 0 aliphatic carbocycles. The van der Waals surface area contributed by atoms with Gasteiger partial charge in [-0.2, -0.15) is 0 Å². The summed E-state index contributed by atoms with van der Waals surface area (Å²) in [6.45, 7) is 8.55. The molecule has 0 fully saturated rings. The van der Waals surface area contributed by atoms with Gasteiger partial charge in [0, 0.05) is 0 Å². The molecule has 0 radical (unpaired) electrons. The zero-order valence-electron chi connectivity index (χ0n) is 11.8.